The van der Waals surface area contributed by atoms with E-state index in [1.165, 1.54) is 43.9 Å². The van der Waals surface area contributed by atoms with Crippen molar-refractivity contribution in [2.75, 3.05) is 25.5 Å². The number of nitrogens with one attached hydrogen (secondary N) is 2. The molecule has 0 spiro atoms. The third-order valence-electron chi connectivity index (χ3n) is 5.01. The van der Waals surface area contributed by atoms with Crippen LogP contribution in [0, 0.1) is 11.3 Å². The van der Waals surface area contributed by atoms with E-state index in [-0.39, 0.29) is 18.1 Å². The number of H-pyrrole nitrogens is 1. The lowest BCUT2D eigenvalue weighted by atomic mass is 9.89. The summed E-state index contributed by atoms with van der Waals surface area (Å²) in [6, 6.07) is 12.6. The van der Waals surface area contributed by atoms with Gasteiger partial charge in [-0.15, -0.1) is 12.4 Å². The minimum Gasteiger partial charge on any atom is -0.322 e. The highest BCUT2D eigenvalue weighted by Crippen LogP contribution is 2.29. The van der Waals surface area contributed by atoms with Gasteiger partial charge in [0.05, 0.1) is 18.1 Å². The van der Waals surface area contributed by atoms with Gasteiger partial charge in [0.1, 0.15) is 11.9 Å². The maximum atomic E-state index is 8.77. The molecule has 0 bridgehead atoms. The van der Waals surface area contributed by atoms with Gasteiger partial charge in [0.25, 0.3) is 0 Å². The maximum Gasteiger partial charge on any atom is 0.158 e. The average Bonchev–Trinajstić information content (AvgIpc) is 3.18. The molecule has 3 heterocycles. The first-order valence-electron chi connectivity index (χ1n) is 9.05. The van der Waals surface area contributed by atoms with E-state index in [1.54, 1.807) is 0 Å². The predicted molar refractivity (Wildman–Crippen MR) is 111 cm³/mol. The second-order valence-electron chi connectivity index (χ2n) is 6.89. The first-order valence-corrected chi connectivity index (χ1v) is 9.05. The lowest BCUT2D eigenvalue weighted by Gasteiger charge is -2.29. The maximum absolute atomic E-state index is 8.77. The molecule has 0 aliphatic carbocycles. The van der Waals surface area contributed by atoms with Crippen LogP contribution in [0.3, 0.4) is 0 Å². The van der Waals surface area contributed by atoms with E-state index in [4.69, 9.17) is 5.26 Å². The van der Waals surface area contributed by atoms with Crippen molar-refractivity contribution in [3.63, 3.8) is 0 Å². The van der Waals surface area contributed by atoms with Crippen LogP contribution >= 0.6 is 12.4 Å². The molecule has 3 aromatic rings. The van der Waals surface area contributed by atoms with E-state index in [0.29, 0.717) is 17.6 Å². The Kier molecular flexibility index (Phi) is 6.24. The monoisotopic (exact) mass is 395 g/mol. The lowest BCUT2D eigenvalue weighted by molar-refractivity contribution is 0.255. The summed E-state index contributed by atoms with van der Waals surface area (Å²) in [5, 5.41) is 19.2. The molecule has 0 unspecified atom stereocenters. The Bertz CT molecular complexity index is 936. The van der Waals surface area contributed by atoms with Gasteiger partial charge in [-0.3, -0.25) is 5.10 Å². The fourth-order valence-corrected chi connectivity index (χ4v) is 3.39. The molecule has 0 atom stereocenters. The normalized spacial score (nSPS) is 14.9. The second kappa shape index (κ2) is 8.83. The summed E-state index contributed by atoms with van der Waals surface area (Å²) < 4.78 is 0. The van der Waals surface area contributed by atoms with Crippen molar-refractivity contribution < 1.29 is 0 Å². The van der Waals surface area contributed by atoms with Crippen molar-refractivity contribution in [3.8, 4) is 17.3 Å². The van der Waals surface area contributed by atoms with E-state index in [9.17, 15) is 0 Å². The van der Waals surface area contributed by atoms with Crippen LogP contribution in [0.25, 0.3) is 11.3 Å². The van der Waals surface area contributed by atoms with Crippen LogP contribution in [0.5, 0.6) is 0 Å². The Morgan fingerprint density at radius 3 is 2.50 bits per heavy atom. The number of rotatable bonds is 4. The molecule has 1 aromatic carbocycles. The average molecular weight is 396 g/mol. The zero-order valence-electron chi connectivity index (χ0n) is 15.6. The highest BCUT2D eigenvalue weighted by molar-refractivity contribution is 5.85. The number of anilines is 2. The van der Waals surface area contributed by atoms with Crippen molar-refractivity contribution in [3.05, 3.63) is 54.0 Å². The number of piperidine rings is 1. The first kappa shape index (κ1) is 19.8. The number of likely N-dealkylation sites (tertiary alicyclic amines) is 1. The molecule has 0 radical (unpaired) electrons. The fraction of sp³-hybridized carbons (Fsp3) is 0.300. The molecule has 4 rings (SSSR count). The predicted octanol–water partition coefficient (Wildman–Crippen LogP) is 3.71. The summed E-state index contributed by atoms with van der Waals surface area (Å²) in [4.78, 5) is 10.5. The largest absolute Gasteiger partial charge is 0.322 e. The van der Waals surface area contributed by atoms with Crippen molar-refractivity contribution in [2.45, 2.75) is 18.8 Å². The van der Waals surface area contributed by atoms with Crippen molar-refractivity contribution in [2.24, 2.45) is 0 Å². The standard InChI is InChI=1S/C20H21N7.ClH/c1-27-8-6-15(7-9-27)14-2-4-16(5-3-14)18-10-19(26-25-18)24-20-13-22-17(11-21)12-23-20;/h2-5,10,12-13,15H,6-9H2,1H3,(H2,23,24,25,26);1H. The van der Waals surface area contributed by atoms with Gasteiger partial charge in [0.2, 0.25) is 0 Å². The Balaban J connectivity index is 0.00000225. The Labute approximate surface area is 170 Å². The minimum atomic E-state index is 0. The number of halogens is 1. The van der Waals surface area contributed by atoms with E-state index < -0.39 is 0 Å². The molecule has 1 fully saturated rings. The Morgan fingerprint density at radius 2 is 1.86 bits per heavy atom. The summed E-state index contributed by atoms with van der Waals surface area (Å²) >= 11 is 0. The Hall–Kier alpha value is -2.95. The van der Waals surface area contributed by atoms with Crippen LogP contribution in [0.15, 0.2) is 42.7 Å². The van der Waals surface area contributed by atoms with Crippen LogP contribution in [-0.4, -0.2) is 45.2 Å². The molecule has 0 saturated carbocycles. The van der Waals surface area contributed by atoms with Crippen LogP contribution in [0.1, 0.15) is 30.0 Å². The van der Waals surface area contributed by atoms with Gasteiger partial charge < -0.3 is 10.2 Å². The van der Waals surface area contributed by atoms with Crippen molar-refractivity contribution in [1.82, 2.24) is 25.1 Å². The van der Waals surface area contributed by atoms with Crippen molar-refractivity contribution >= 4 is 24.0 Å². The lowest BCUT2D eigenvalue weighted by Crippen LogP contribution is -2.29. The number of nitrogens with zero attached hydrogens (tertiary/aromatic N) is 5. The molecule has 7 nitrogen and oxygen atoms in total. The first-order chi connectivity index (χ1) is 13.2. The summed E-state index contributed by atoms with van der Waals surface area (Å²) in [5.41, 5.74) is 3.73. The summed E-state index contributed by atoms with van der Waals surface area (Å²) in [6.45, 7) is 2.33. The minimum absolute atomic E-state index is 0. The van der Waals surface area contributed by atoms with Crippen molar-refractivity contribution in [1.29, 1.82) is 5.26 Å². The molecule has 1 aliphatic rings. The fourth-order valence-electron chi connectivity index (χ4n) is 3.39. The molecular weight excluding hydrogens is 374 g/mol. The molecule has 2 N–H and O–H groups in total. The molecular formula is C20H22ClN7. The quantitative estimate of drug-likeness (QED) is 0.699. The van der Waals surface area contributed by atoms with Gasteiger partial charge in [0.15, 0.2) is 11.5 Å². The number of aromatic amines is 1. The van der Waals surface area contributed by atoms with E-state index >= 15 is 0 Å². The SMILES string of the molecule is CN1CCC(c2ccc(-c3cc(Nc4cnc(C#N)cn4)n[nH]3)cc2)CC1.Cl. The molecule has 8 heteroatoms. The van der Waals surface area contributed by atoms with Gasteiger partial charge in [-0.2, -0.15) is 10.4 Å². The molecule has 28 heavy (non-hydrogen) atoms. The van der Waals surface area contributed by atoms with Gasteiger partial charge in [-0.05, 0) is 50.0 Å². The van der Waals surface area contributed by atoms with Crippen LogP contribution < -0.4 is 5.32 Å². The number of nitriles is 1. The van der Waals surface area contributed by atoms with Crippen LogP contribution in [-0.2, 0) is 0 Å². The van der Waals surface area contributed by atoms with E-state index in [0.717, 1.165) is 11.3 Å². The molecule has 1 aliphatic heterocycles. The highest BCUT2D eigenvalue weighted by Gasteiger charge is 2.18. The smallest absolute Gasteiger partial charge is 0.158 e. The zero-order chi connectivity index (χ0) is 18.6. The van der Waals surface area contributed by atoms with E-state index in [2.05, 4.69) is 61.7 Å². The van der Waals surface area contributed by atoms with Gasteiger partial charge in [-0.1, -0.05) is 24.3 Å². The summed E-state index contributed by atoms with van der Waals surface area (Å²) in [6.07, 6.45) is 5.39. The number of aromatic nitrogens is 4. The van der Waals surface area contributed by atoms with Crippen LogP contribution in [0.2, 0.25) is 0 Å². The number of hydrogen-bond acceptors (Lipinski definition) is 6. The van der Waals surface area contributed by atoms with Gasteiger partial charge in [-0.25, -0.2) is 9.97 Å². The number of hydrogen-bond donors (Lipinski definition) is 2. The van der Waals surface area contributed by atoms with Gasteiger partial charge >= 0.3 is 0 Å². The molecule has 2 aromatic heterocycles. The Morgan fingerprint density at radius 1 is 1.11 bits per heavy atom. The zero-order valence-corrected chi connectivity index (χ0v) is 16.4. The van der Waals surface area contributed by atoms with Gasteiger partial charge in [0, 0.05) is 6.07 Å². The second-order valence-corrected chi connectivity index (χ2v) is 6.89. The molecule has 0 amide bonds. The number of benzene rings is 1. The summed E-state index contributed by atoms with van der Waals surface area (Å²) in [5.74, 6) is 1.86. The highest BCUT2D eigenvalue weighted by atomic mass is 35.5. The topological polar surface area (TPSA) is 93.5 Å². The molecule has 1 saturated heterocycles. The molecule has 144 valence electrons. The third kappa shape index (κ3) is 4.47. The van der Waals surface area contributed by atoms with Crippen LogP contribution in [0.4, 0.5) is 11.6 Å². The van der Waals surface area contributed by atoms with E-state index in [1.807, 2.05) is 12.1 Å². The summed E-state index contributed by atoms with van der Waals surface area (Å²) in [7, 11) is 2.19. The third-order valence-corrected chi connectivity index (χ3v) is 5.01.